The average molecular weight is 361 g/mol. The molecule has 1 aromatic carbocycles. The van der Waals surface area contributed by atoms with Crippen molar-refractivity contribution >= 4 is 33.8 Å². The van der Waals surface area contributed by atoms with Gasteiger partial charge in [0.25, 0.3) is 5.91 Å². The molecule has 0 radical (unpaired) electrons. The van der Waals surface area contributed by atoms with E-state index < -0.39 is 0 Å². The highest BCUT2D eigenvalue weighted by Crippen LogP contribution is 2.39. The van der Waals surface area contributed by atoms with Gasteiger partial charge in [-0.2, -0.15) is 5.26 Å². The lowest BCUT2D eigenvalue weighted by Gasteiger charge is -2.17. The van der Waals surface area contributed by atoms with E-state index in [2.05, 4.69) is 18.3 Å². The van der Waals surface area contributed by atoms with Crippen molar-refractivity contribution in [1.29, 1.82) is 5.26 Å². The van der Waals surface area contributed by atoms with Crippen LogP contribution in [0.25, 0.3) is 0 Å². The van der Waals surface area contributed by atoms with Crippen LogP contribution >= 0.6 is 22.9 Å². The molecule has 1 aliphatic carbocycles. The first-order valence-corrected chi connectivity index (χ1v) is 8.99. The van der Waals surface area contributed by atoms with Gasteiger partial charge in [-0.3, -0.25) is 4.79 Å². The monoisotopic (exact) mass is 360 g/mol. The van der Waals surface area contributed by atoms with Gasteiger partial charge in [0.05, 0.1) is 5.56 Å². The van der Waals surface area contributed by atoms with Crippen molar-refractivity contribution < 1.29 is 9.53 Å². The first-order valence-electron chi connectivity index (χ1n) is 7.79. The lowest BCUT2D eigenvalue weighted by atomic mass is 9.89. The van der Waals surface area contributed by atoms with E-state index in [4.69, 9.17) is 16.3 Å². The third-order valence-corrected chi connectivity index (χ3v) is 5.48. The predicted molar refractivity (Wildman–Crippen MR) is 95.8 cm³/mol. The van der Waals surface area contributed by atoms with Crippen molar-refractivity contribution in [2.24, 2.45) is 5.92 Å². The van der Waals surface area contributed by atoms with Crippen LogP contribution in [0.4, 0.5) is 5.00 Å². The molecular formula is C18H17ClN2O2S. The zero-order valence-corrected chi connectivity index (χ0v) is 14.8. The van der Waals surface area contributed by atoms with E-state index in [0.29, 0.717) is 27.3 Å². The third kappa shape index (κ3) is 3.72. The van der Waals surface area contributed by atoms with Crippen LogP contribution < -0.4 is 10.1 Å². The Kier molecular flexibility index (Phi) is 5.08. The number of fused-ring (bicyclic) bond motifs is 1. The minimum Gasteiger partial charge on any atom is -0.484 e. The molecular weight excluding hydrogens is 344 g/mol. The molecule has 0 spiro atoms. The molecule has 6 heteroatoms. The van der Waals surface area contributed by atoms with Gasteiger partial charge in [-0.1, -0.05) is 18.5 Å². The second kappa shape index (κ2) is 7.25. The summed E-state index contributed by atoms with van der Waals surface area (Å²) in [4.78, 5) is 13.4. The number of carbonyl (C=O) groups is 1. The topological polar surface area (TPSA) is 62.1 Å². The van der Waals surface area contributed by atoms with Crippen molar-refractivity contribution in [1.82, 2.24) is 0 Å². The number of nitriles is 1. The maximum absolute atomic E-state index is 12.1. The Morgan fingerprint density at radius 3 is 2.92 bits per heavy atom. The number of anilines is 1. The summed E-state index contributed by atoms with van der Waals surface area (Å²) in [7, 11) is 0. The summed E-state index contributed by atoms with van der Waals surface area (Å²) in [6.45, 7) is 2.11. The summed E-state index contributed by atoms with van der Waals surface area (Å²) in [5, 5.41) is 13.5. The van der Waals surface area contributed by atoms with Crippen LogP contribution in [0.15, 0.2) is 24.3 Å². The molecule has 0 fully saturated rings. The van der Waals surface area contributed by atoms with Crippen molar-refractivity contribution in [2.75, 3.05) is 11.9 Å². The summed E-state index contributed by atoms with van der Waals surface area (Å²) < 4.78 is 5.44. The maximum atomic E-state index is 12.1. The Morgan fingerprint density at radius 1 is 1.46 bits per heavy atom. The first kappa shape index (κ1) is 16.8. The second-order valence-corrected chi connectivity index (χ2v) is 7.50. The van der Waals surface area contributed by atoms with Gasteiger partial charge in [-0.15, -0.1) is 11.3 Å². The van der Waals surface area contributed by atoms with Crippen molar-refractivity contribution in [3.8, 4) is 11.8 Å². The molecule has 0 bridgehead atoms. The third-order valence-electron chi connectivity index (χ3n) is 4.06. The molecule has 1 N–H and O–H groups in total. The highest BCUT2D eigenvalue weighted by molar-refractivity contribution is 7.16. The molecule has 1 heterocycles. The molecule has 0 saturated carbocycles. The van der Waals surface area contributed by atoms with Crippen molar-refractivity contribution in [3.05, 3.63) is 45.3 Å². The van der Waals surface area contributed by atoms with Crippen LogP contribution in [0.5, 0.6) is 5.75 Å². The van der Waals surface area contributed by atoms with Gasteiger partial charge in [0.1, 0.15) is 16.8 Å². The van der Waals surface area contributed by atoms with E-state index in [1.807, 2.05) is 0 Å². The van der Waals surface area contributed by atoms with Crippen molar-refractivity contribution in [2.45, 2.75) is 26.2 Å². The normalized spacial score (nSPS) is 16.1. The molecule has 1 atom stereocenters. The summed E-state index contributed by atoms with van der Waals surface area (Å²) in [5.41, 5.74) is 1.72. The highest BCUT2D eigenvalue weighted by Gasteiger charge is 2.24. The number of nitrogens with one attached hydrogen (secondary N) is 1. The van der Waals surface area contributed by atoms with E-state index in [1.165, 1.54) is 16.2 Å². The number of hydrogen-bond donors (Lipinski definition) is 1. The second-order valence-electron chi connectivity index (χ2n) is 5.96. The van der Waals surface area contributed by atoms with Crippen molar-refractivity contribution in [3.63, 3.8) is 0 Å². The molecule has 1 aliphatic rings. The van der Waals surface area contributed by atoms with Gasteiger partial charge in [0.2, 0.25) is 0 Å². The largest absolute Gasteiger partial charge is 0.484 e. The number of ether oxygens (including phenoxy) is 1. The smallest absolute Gasteiger partial charge is 0.262 e. The van der Waals surface area contributed by atoms with Crippen LogP contribution in [0.2, 0.25) is 5.02 Å². The van der Waals surface area contributed by atoms with E-state index in [9.17, 15) is 10.1 Å². The number of amides is 1. The summed E-state index contributed by atoms with van der Waals surface area (Å²) >= 11 is 7.33. The van der Waals surface area contributed by atoms with E-state index in [1.54, 1.807) is 24.3 Å². The molecule has 3 rings (SSSR count). The van der Waals surface area contributed by atoms with E-state index >= 15 is 0 Å². The fraction of sp³-hybridized carbons (Fsp3) is 0.333. The minimum atomic E-state index is -0.270. The Balaban J connectivity index is 1.66. The van der Waals surface area contributed by atoms with Crippen LogP contribution in [0.1, 0.15) is 29.3 Å². The fourth-order valence-electron chi connectivity index (χ4n) is 2.80. The van der Waals surface area contributed by atoms with Gasteiger partial charge in [0.15, 0.2) is 6.61 Å². The fourth-order valence-corrected chi connectivity index (χ4v) is 4.30. The zero-order chi connectivity index (χ0) is 17.1. The standard InChI is InChI=1S/C18H17ClN2O2S/c1-11-2-7-14-15(9-20)18(24-16(14)8-11)21-17(22)10-23-13-5-3-12(19)4-6-13/h3-6,11H,2,7-8,10H2,1H3,(H,21,22)/t11-/m1/s1. The Hall–Kier alpha value is -2.03. The lowest BCUT2D eigenvalue weighted by molar-refractivity contribution is -0.118. The molecule has 0 unspecified atom stereocenters. The molecule has 0 aliphatic heterocycles. The van der Waals surface area contributed by atoms with Gasteiger partial charge >= 0.3 is 0 Å². The number of rotatable bonds is 4. The number of thiophene rings is 1. The van der Waals surface area contributed by atoms with Gasteiger partial charge in [-0.25, -0.2) is 0 Å². The minimum absolute atomic E-state index is 0.106. The maximum Gasteiger partial charge on any atom is 0.262 e. The SMILES string of the molecule is C[C@@H]1CCc2c(sc(NC(=O)COc3ccc(Cl)cc3)c2C#N)C1. The van der Waals surface area contributed by atoms with Crippen LogP contribution in [-0.2, 0) is 17.6 Å². The summed E-state index contributed by atoms with van der Waals surface area (Å²) in [6, 6.07) is 9.07. The van der Waals surface area contributed by atoms with Gasteiger partial charge < -0.3 is 10.1 Å². The molecule has 1 aromatic heterocycles. The van der Waals surface area contributed by atoms with Crippen LogP contribution in [-0.4, -0.2) is 12.5 Å². The number of halogens is 1. The zero-order valence-electron chi connectivity index (χ0n) is 13.3. The Bertz CT molecular complexity index is 793. The Labute approximate surface area is 150 Å². The number of nitrogens with zero attached hydrogens (tertiary/aromatic N) is 1. The van der Waals surface area contributed by atoms with Crippen LogP contribution in [0.3, 0.4) is 0 Å². The molecule has 0 saturated heterocycles. The Morgan fingerprint density at radius 2 is 2.21 bits per heavy atom. The summed E-state index contributed by atoms with van der Waals surface area (Å²) in [6.07, 6.45) is 2.98. The predicted octanol–water partition coefficient (Wildman–Crippen LogP) is 4.42. The molecule has 124 valence electrons. The molecule has 24 heavy (non-hydrogen) atoms. The van der Waals surface area contributed by atoms with E-state index in [-0.39, 0.29) is 12.5 Å². The quantitative estimate of drug-likeness (QED) is 0.878. The molecule has 2 aromatic rings. The van der Waals surface area contributed by atoms with Crippen LogP contribution in [0, 0.1) is 17.2 Å². The number of benzene rings is 1. The molecule has 4 nitrogen and oxygen atoms in total. The first-order chi connectivity index (χ1) is 11.6. The van der Waals surface area contributed by atoms with E-state index in [0.717, 1.165) is 24.8 Å². The lowest BCUT2D eigenvalue weighted by Crippen LogP contribution is -2.20. The summed E-state index contributed by atoms with van der Waals surface area (Å²) in [5.74, 6) is 0.932. The molecule has 1 amide bonds. The average Bonchev–Trinajstić information content (AvgIpc) is 2.90. The van der Waals surface area contributed by atoms with Gasteiger partial charge in [-0.05, 0) is 55.0 Å². The van der Waals surface area contributed by atoms with Gasteiger partial charge in [0, 0.05) is 9.90 Å². The number of hydrogen-bond acceptors (Lipinski definition) is 4. The number of carbonyl (C=O) groups excluding carboxylic acids is 1. The highest BCUT2D eigenvalue weighted by atomic mass is 35.5.